The van der Waals surface area contributed by atoms with Crippen molar-refractivity contribution in [3.05, 3.63) is 55.1 Å². The zero-order valence-electron chi connectivity index (χ0n) is 17.7. The molecule has 0 saturated carbocycles. The molecule has 1 aromatic heterocycles. The number of carbonyl (C=O) groups excluding carboxylic acids is 1. The molecule has 32 heavy (non-hydrogen) atoms. The molecule has 0 radical (unpaired) electrons. The highest BCUT2D eigenvalue weighted by Crippen LogP contribution is 2.32. The van der Waals surface area contributed by atoms with Crippen LogP contribution in [0.4, 0.5) is 5.69 Å². The van der Waals surface area contributed by atoms with Gasteiger partial charge in [-0.15, -0.1) is 16.8 Å². The second kappa shape index (κ2) is 10.2. The van der Waals surface area contributed by atoms with E-state index >= 15 is 0 Å². The van der Waals surface area contributed by atoms with Crippen molar-refractivity contribution in [3.8, 4) is 28.6 Å². The van der Waals surface area contributed by atoms with Crippen molar-refractivity contribution in [2.45, 2.75) is 18.1 Å². The summed E-state index contributed by atoms with van der Waals surface area (Å²) in [7, 11) is 1.63. The lowest BCUT2D eigenvalue weighted by molar-refractivity contribution is -0.113. The number of nitrogens with zero attached hydrogens (tertiary/aromatic N) is 3. The molecule has 1 amide bonds. The van der Waals surface area contributed by atoms with Gasteiger partial charge in [0.25, 0.3) is 0 Å². The Kier molecular flexibility index (Phi) is 6.96. The first-order valence-electron chi connectivity index (χ1n) is 10.2. The standard InChI is InChI=1S/C23H24N4O4S/c1-3-11-27-22(16-5-8-18(29-2)9-6-16)25-26-23(27)32-15-21(28)24-17-7-10-19-20(14-17)31-13-4-12-30-19/h3,5-10,14H,1,4,11-13,15H2,2H3,(H,24,28). The fourth-order valence-corrected chi connectivity index (χ4v) is 3.96. The summed E-state index contributed by atoms with van der Waals surface area (Å²) in [5.41, 5.74) is 1.56. The van der Waals surface area contributed by atoms with E-state index in [2.05, 4.69) is 22.1 Å². The van der Waals surface area contributed by atoms with Crippen LogP contribution in [-0.4, -0.2) is 46.7 Å². The van der Waals surface area contributed by atoms with Crippen LogP contribution in [0.2, 0.25) is 0 Å². The quantitative estimate of drug-likeness (QED) is 0.408. The molecule has 2 heterocycles. The number of thioether (sulfide) groups is 1. The van der Waals surface area contributed by atoms with E-state index in [4.69, 9.17) is 14.2 Å². The molecule has 0 bridgehead atoms. The number of methoxy groups -OCH3 is 1. The van der Waals surface area contributed by atoms with E-state index < -0.39 is 0 Å². The van der Waals surface area contributed by atoms with Crippen molar-refractivity contribution in [2.24, 2.45) is 0 Å². The molecule has 8 nitrogen and oxygen atoms in total. The van der Waals surface area contributed by atoms with Gasteiger partial charge in [0.2, 0.25) is 5.91 Å². The van der Waals surface area contributed by atoms with E-state index in [0.717, 1.165) is 17.7 Å². The van der Waals surface area contributed by atoms with Gasteiger partial charge in [0.05, 0.1) is 26.1 Å². The summed E-state index contributed by atoms with van der Waals surface area (Å²) in [4.78, 5) is 12.5. The zero-order chi connectivity index (χ0) is 22.3. The van der Waals surface area contributed by atoms with E-state index in [9.17, 15) is 4.79 Å². The molecular formula is C23H24N4O4S. The Morgan fingerprint density at radius 1 is 1.19 bits per heavy atom. The minimum Gasteiger partial charge on any atom is -0.497 e. The number of nitrogens with one attached hydrogen (secondary N) is 1. The molecule has 0 spiro atoms. The maximum atomic E-state index is 12.5. The second-order valence-corrected chi connectivity index (χ2v) is 7.93. The monoisotopic (exact) mass is 452 g/mol. The highest BCUT2D eigenvalue weighted by atomic mass is 32.2. The third kappa shape index (κ3) is 5.05. The van der Waals surface area contributed by atoms with E-state index in [1.807, 2.05) is 34.9 Å². The van der Waals surface area contributed by atoms with Crippen LogP contribution in [-0.2, 0) is 11.3 Å². The van der Waals surface area contributed by atoms with Gasteiger partial charge < -0.3 is 19.5 Å². The molecule has 0 fully saturated rings. The molecule has 1 N–H and O–H groups in total. The molecule has 1 aliphatic heterocycles. The molecule has 0 aliphatic carbocycles. The summed E-state index contributed by atoms with van der Waals surface area (Å²) in [6.45, 7) is 5.57. The number of fused-ring (bicyclic) bond motifs is 1. The fourth-order valence-electron chi connectivity index (χ4n) is 3.21. The summed E-state index contributed by atoms with van der Waals surface area (Å²) in [5.74, 6) is 2.85. The van der Waals surface area contributed by atoms with Crippen LogP contribution in [0, 0.1) is 0 Å². The van der Waals surface area contributed by atoms with E-state index in [1.165, 1.54) is 11.8 Å². The van der Waals surface area contributed by atoms with Crippen LogP contribution in [0.3, 0.4) is 0 Å². The van der Waals surface area contributed by atoms with Crippen LogP contribution in [0.1, 0.15) is 6.42 Å². The van der Waals surface area contributed by atoms with Gasteiger partial charge in [-0.1, -0.05) is 17.8 Å². The number of amides is 1. The number of benzene rings is 2. The van der Waals surface area contributed by atoms with Crippen LogP contribution >= 0.6 is 11.8 Å². The van der Waals surface area contributed by atoms with Gasteiger partial charge in [-0.05, 0) is 36.4 Å². The van der Waals surface area contributed by atoms with E-state index in [1.54, 1.807) is 25.3 Å². The van der Waals surface area contributed by atoms with Gasteiger partial charge in [-0.2, -0.15) is 0 Å². The number of aromatic nitrogens is 3. The number of rotatable bonds is 8. The smallest absolute Gasteiger partial charge is 0.234 e. The first-order chi connectivity index (χ1) is 15.7. The number of hydrogen-bond acceptors (Lipinski definition) is 7. The molecule has 0 saturated heterocycles. The molecular weight excluding hydrogens is 428 g/mol. The molecule has 9 heteroatoms. The maximum absolute atomic E-state index is 12.5. The maximum Gasteiger partial charge on any atom is 0.234 e. The van der Waals surface area contributed by atoms with Crippen molar-refractivity contribution in [3.63, 3.8) is 0 Å². The summed E-state index contributed by atoms with van der Waals surface area (Å²) in [6, 6.07) is 13.0. The number of hydrogen-bond donors (Lipinski definition) is 1. The van der Waals surface area contributed by atoms with Gasteiger partial charge in [-0.25, -0.2) is 0 Å². The first kappa shape index (κ1) is 21.8. The van der Waals surface area contributed by atoms with Crippen molar-refractivity contribution in [1.82, 2.24) is 14.8 Å². The Morgan fingerprint density at radius 3 is 2.72 bits per heavy atom. The molecule has 4 rings (SSSR count). The van der Waals surface area contributed by atoms with Crippen molar-refractivity contribution >= 4 is 23.4 Å². The van der Waals surface area contributed by atoms with Crippen LogP contribution < -0.4 is 19.5 Å². The van der Waals surface area contributed by atoms with Crippen LogP contribution in [0.25, 0.3) is 11.4 Å². The van der Waals surface area contributed by atoms with Gasteiger partial charge in [0.15, 0.2) is 22.5 Å². The summed E-state index contributed by atoms with van der Waals surface area (Å²) in [6.07, 6.45) is 2.61. The second-order valence-electron chi connectivity index (χ2n) is 6.98. The average Bonchev–Trinajstić information content (AvgIpc) is 3.05. The lowest BCUT2D eigenvalue weighted by Crippen LogP contribution is -2.14. The van der Waals surface area contributed by atoms with Crippen molar-refractivity contribution in [2.75, 3.05) is 31.4 Å². The number of anilines is 1. The molecule has 2 aromatic carbocycles. The Bertz CT molecular complexity index is 1100. The predicted octanol–water partition coefficient (Wildman–Crippen LogP) is 4.03. The molecule has 166 valence electrons. The minimum atomic E-state index is -0.149. The van der Waals surface area contributed by atoms with Crippen LogP contribution in [0.15, 0.2) is 60.3 Å². The van der Waals surface area contributed by atoms with Gasteiger partial charge in [0.1, 0.15) is 5.75 Å². The molecule has 3 aromatic rings. The SMILES string of the molecule is C=CCn1c(SCC(=O)Nc2ccc3c(c2)OCCCO3)nnc1-c1ccc(OC)cc1. The summed E-state index contributed by atoms with van der Waals surface area (Å²) in [5, 5.41) is 12.1. The van der Waals surface area contributed by atoms with E-state index in [0.29, 0.717) is 47.9 Å². The van der Waals surface area contributed by atoms with Crippen molar-refractivity contribution in [1.29, 1.82) is 0 Å². The number of ether oxygens (including phenoxy) is 3. The topological polar surface area (TPSA) is 87.5 Å². The zero-order valence-corrected chi connectivity index (χ0v) is 18.6. The minimum absolute atomic E-state index is 0.149. The summed E-state index contributed by atoms with van der Waals surface area (Å²) < 4.78 is 18.5. The van der Waals surface area contributed by atoms with Gasteiger partial charge in [-0.3, -0.25) is 9.36 Å². The molecule has 0 unspecified atom stereocenters. The largest absolute Gasteiger partial charge is 0.497 e. The molecule has 0 atom stereocenters. The normalized spacial score (nSPS) is 12.7. The highest BCUT2D eigenvalue weighted by Gasteiger charge is 2.16. The Hall–Kier alpha value is -3.46. The Morgan fingerprint density at radius 2 is 1.97 bits per heavy atom. The lowest BCUT2D eigenvalue weighted by atomic mass is 10.2. The third-order valence-corrected chi connectivity index (χ3v) is 5.71. The first-order valence-corrected chi connectivity index (χ1v) is 11.2. The van der Waals surface area contributed by atoms with Crippen molar-refractivity contribution < 1.29 is 19.0 Å². The predicted molar refractivity (Wildman–Crippen MR) is 124 cm³/mol. The fraction of sp³-hybridized carbons (Fsp3) is 0.261. The third-order valence-electron chi connectivity index (χ3n) is 4.74. The average molecular weight is 453 g/mol. The van der Waals surface area contributed by atoms with Crippen LogP contribution in [0.5, 0.6) is 17.2 Å². The van der Waals surface area contributed by atoms with Gasteiger partial charge in [0, 0.05) is 30.3 Å². The highest BCUT2D eigenvalue weighted by molar-refractivity contribution is 7.99. The lowest BCUT2D eigenvalue weighted by Gasteiger charge is -2.11. The number of carbonyl (C=O) groups is 1. The Labute approximate surface area is 190 Å². The number of allylic oxidation sites excluding steroid dienone is 1. The Balaban J connectivity index is 1.43. The molecule has 1 aliphatic rings. The van der Waals surface area contributed by atoms with E-state index in [-0.39, 0.29) is 11.7 Å². The van der Waals surface area contributed by atoms with Gasteiger partial charge >= 0.3 is 0 Å². The summed E-state index contributed by atoms with van der Waals surface area (Å²) >= 11 is 1.32.